The van der Waals surface area contributed by atoms with Crippen molar-refractivity contribution in [3.8, 4) is 16.9 Å². The minimum absolute atomic E-state index is 0.0624. The van der Waals surface area contributed by atoms with E-state index in [-0.39, 0.29) is 5.41 Å². The van der Waals surface area contributed by atoms with E-state index in [0.29, 0.717) is 0 Å². The zero-order chi connectivity index (χ0) is 12.9. The minimum atomic E-state index is 0.0624. The van der Waals surface area contributed by atoms with Crippen molar-refractivity contribution in [2.45, 2.75) is 19.3 Å². The molecule has 0 spiro atoms. The maximum absolute atomic E-state index is 5.46. The minimum Gasteiger partial charge on any atom is -0.497 e. The molecule has 90 valence electrons. The summed E-state index contributed by atoms with van der Waals surface area (Å²) in [5.74, 6) is 0.981. The fourth-order valence-electron chi connectivity index (χ4n) is 3.06. The Morgan fingerprint density at radius 2 is 1.72 bits per heavy atom. The first-order valence-electron chi connectivity index (χ1n) is 6.34. The van der Waals surface area contributed by atoms with Gasteiger partial charge in [-0.05, 0) is 33.8 Å². The summed E-state index contributed by atoms with van der Waals surface area (Å²) in [5.41, 5.74) is 6.76. The number of rotatable bonds is 1. The van der Waals surface area contributed by atoms with Crippen LogP contribution in [-0.2, 0) is 5.41 Å². The zero-order valence-corrected chi connectivity index (χ0v) is 11.4. The molecule has 0 radical (unpaired) electrons. The van der Waals surface area contributed by atoms with Gasteiger partial charge < -0.3 is 4.74 Å². The molecular formula is C16H17BO. The molecule has 1 aliphatic carbocycles. The average Bonchev–Trinajstić information content (AvgIpc) is 2.58. The van der Waals surface area contributed by atoms with Crippen LogP contribution in [0, 0.1) is 0 Å². The predicted molar refractivity (Wildman–Crippen MR) is 78.7 cm³/mol. The van der Waals surface area contributed by atoms with Gasteiger partial charge in [-0.1, -0.05) is 44.2 Å². The van der Waals surface area contributed by atoms with E-state index in [2.05, 4.69) is 58.1 Å². The van der Waals surface area contributed by atoms with Gasteiger partial charge in [-0.3, -0.25) is 0 Å². The summed E-state index contributed by atoms with van der Waals surface area (Å²) < 4.78 is 5.46. The van der Waals surface area contributed by atoms with Crippen LogP contribution in [0.25, 0.3) is 11.1 Å². The summed E-state index contributed by atoms with van der Waals surface area (Å²) in [4.78, 5) is 0. The van der Waals surface area contributed by atoms with E-state index in [1.54, 1.807) is 7.11 Å². The number of benzene rings is 2. The lowest BCUT2D eigenvalue weighted by atomic mass is 9.81. The van der Waals surface area contributed by atoms with Crippen LogP contribution in [0.15, 0.2) is 36.4 Å². The summed E-state index contributed by atoms with van der Waals surface area (Å²) in [5, 5.41) is 0. The Morgan fingerprint density at radius 3 is 2.44 bits per heavy atom. The van der Waals surface area contributed by atoms with Crippen LogP contribution in [0.4, 0.5) is 0 Å². The van der Waals surface area contributed by atoms with E-state index >= 15 is 0 Å². The monoisotopic (exact) mass is 236 g/mol. The highest BCUT2D eigenvalue weighted by molar-refractivity contribution is 6.34. The molecule has 0 bridgehead atoms. The quantitative estimate of drug-likeness (QED) is 0.690. The Morgan fingerprint density at radius 1 is 1.00 bits per heavy atom. The molecule has 2 aromatic carbocycles. The lowest BCUT2D eigenvalue weighted by Gasteiger charge is -2.22. The standard InChI is InChI=1S/C16H17BO/c1-16(2)12-7-5-4-6-10(12)11-8-14(17)15(18-3)9-13(11)16/h4-9H,17H2,1-3H3. The summed E-state index contributed by atoms with van der Waals surface area (Å²) in [6.45, 7) is 4.57. The molecule has 0 aliphatic heterocycles. The summed E-state index contributed by atoms with van der Waals surface area (Å²) >= 11 is 0. The van der Waals surface area contributed by atoms with E-state index in [0.717, 1.165) is 5.75 Å². The van der Waals surface area contributed by atoms with E-state index in [4.69, 9.17) is 4.74 Å². The Hall–Kier alpha value is -1.70. The van der Waals surface area contributed by atoms with Crippen molar-refractivity contribution in [2.75, 3.05) is 7.11 Å². The van der Waals surface area contributed by atoms with Gasteiger partial charge in [0.1, 0.15) is 13.6 Å². The van der Waals surface area contributed by atoms with Crippen LogP contribution >= 0.6 is 0 Å². The summed E-state index contributed by atoms with van der Waals surface area (Å²) in [6, 6.07) is 13.1. The fourth-order valence-corrected chi connectivity index (χ4v) is 3.06. The van der Waals surface area contributed by atoms with Crippen molar-refractivity contribution >= 4 is 13.3 Å². The maximum Gasteiger partial charge on any atom is 0.144 e. The van der Waals surface area contributed by atoms with Gasteiger partial charge in [-0.25, -0.2) is 0 Å². The van der Waals surface area contributed by atoms with Gasteiger partial charge in [0.25, 0.3) is 0 Å². The maximum atomic E-state index is 5.46. The second-order valence-electron chi connectivity index (χ2n) is 5.54. The molecule has 0 aromatic heterocycles. The van der Waals surface area contributed by atoms with Crippen LogP contribution in [-0.4, -0.2) is 15.0 Å². The van der Waals surface area contributed by atoms with Crippen LogP contribution in [0.2, 0.25) is 0 Å². The summed E-state index contributed by atoms with van der Waals surface area (Å²) in [7, 11) is 3.84. The number of methoxy groups -OCH3 is 1. The molecule has 1 aliphatic rings. The average molecular weight is 236 g/mol. The molecule has 18 heavy (non-hydrogen) atoms. The van der Waals surface area contributed by atoms with Crippen molar-refractivity contribution in [1.82, 2.24) is 0 Å². The smallest absolute Gasteiger partial charge is 0.144 e. The Bertz CT molecular complexity index is 629. The number of fused-ring (bicyclic) bond motifs is 3. The number of hydrogen-bond donors (Lipinski definition) is 0. The molecule has 0 saturated heterocycles. The van der Waals surface area contributed by atoms with E-state index in [1.807, 2.05) is 0 Å². The molecule has 0 N–H and O–H groups in total. The van der Waals surface area contributed by atoms with Gasteiger partial charge in [-0.15, -0.1) is 0 Å². The molecule has 1 nitrogen and oxygen atoms in total. The second kappa shape index (κ2) is 3.65. The third-order valence-corrected chi connectivity index (χ3v) is 4.10. The molecule has 0 amide bonds. The SMILES string of the molecule is Bc1cc2c(cc1OC)C(C)(C)c1ccccc1-2. The largest absolute Gasteiger partial charge is 0.497 e. The Labute approximate surface area is 109 Å². The normalized spacial score (nSPS) is 15.1. The molecule has 3 rings (SSSR count). The predicted octanol–water partition coefficient (Wildman–Crippen LogP) is 2.26. The van der Waals surface area contributed by atoms with Gasteiger partial charge in [-0.2, -0.15) is 0 Å². The van der Waals surface area contributed by atoms with E-state index in [1.165, 1.54) is 27.7 Å². The first-order valence-corrected chi connectivity index (χ1v) is 6.34. The third-order valence-electron chi connectivity index (χ3n) is 4.10. The third kappa shape index (κ3) is 1.35. The van der Waals surface area contributed by atoms with Crippen molar-refractivity contribution in [3.63, 3.8) is 0 Å². The number of hydrogen-bond acceptors (Lipinski definition) is 1. The van der Waals surface area contributed by atoms with Crippen molar-refractivity contribution < 1.29 is 4.74 Å². The van der Waals surface area contributed by atoms with Crippen LogP contribution < -0.4 is 10.2 Å². The van der Waals surface area contributed by atoms with Gasteiger partial charge in [0.15, 0.2) is 0 Å². The van der Waals surface area contributed by atoms with Gasteiger partial charge in [0.2, 0.25) is 0 Å². The Balaban J connectivity index is 2.35. The first kappa shape index (κ1) is 11.4. The Kier molecular flexibility index (Phi) is 2.31. The van der Waals surface area contributed by atoms with Crippen LogP contribution in [0.3, 0.4) is 0 Å². The summed E-state index contributed by atoms with van der Waals surface area (Å²) in [6.07, 6.45) is 0. The molecular weight excluding hydrogens is 219 g/mol. The van der Waals surface area contributed by atoms with E-state index in [9.17, 15) is 0 Å². The topological polar surface area (TPSA) is 9.23 Å². The van der Waals surface area contributed by atoms with Crippen molar-refractivity contribution in [3.05, 3.63) is 47.5 Å². The molecule has 2 aromatic rings. The zero-order valence-electron chi connectivity index (χ0n) is 11.4. The van der Waals surface area contributed by atoms with Gasteiger partial charge in [0, 0.05) is 5.41 Å². The van der Waals surface area contributed by atoms with Crippen LogP contribution in [0.5, 0.6) is 5.75 Å². The van der Waals surface area contributed by atoms with Crippen LogP contribution in [0.1, 0.15) is 25.0 Å². The molecule has 2 heteroatoms. The van der Waals surface area contributed by atoms with Crippen molar-refractivity contribution in [1.29, 1.82) is 0 Å². The van der Waals surface area contributed by atoms with Gasteiger partial charge in [0.05, 0.1) is 7.11 Å². The molecule has 0 atom stereocenters. The lowest BCUT2D eigenvalue weighted by Crippen LogP contribution is -2.16. The lowest BCUT2D eigenvalue weighted by molar-refractivity contribution is 0.417. The fraction of sp³-hybridized carbons (Fsp3) is 0.250. The highest BCUT2D eigenvalue weighted by Gasteiger charge is 2.35. The molecule has 0 heterocycles. The van der Waals surface area contributed by atoms with Crippen molar-refractivity contribution in [2.24, 2.45) is 0 Å². The van der Waals surface area contributed by atoms with Gasteiger partial charge >= 0.3 is 0 Å². The molecule has 0 fully saturated rings. The second-order valence-corrected chi connectivity index (χ2v) is 5.54. The molecule has 0 unspecified atom stereocenters. The van der Waals surface area contributed by atoms with E-state index < -0.39 is 0 Å². The molecule has 0 saturated carbocycles. The first-order chi connectivity index (χ1) is 8.55. The highest BCUT2D eigenvalue weighted by Crippen LogP contribution is 2.48. The number of ether oxygens (including phenoxy) is 1. The highest BCUT2D eigenvalue weighted by atomic mass is 16.5.